The number of ether oxygens (including phenoxy) is 1. The highest BCUT2D eigenvalue weighted by Crippen LogP contribution is 2.57. The van der Waals surface area contributed by atoms with E-state index in [0.29, 0.717) is 12.1 Å². The topological polar surface area (TPSA) is 34.5 Å². The van der Waals surface area contributed by atoms with Crippen LogP contribution in [0.15, 0.2) is 60.7 Å². The van der Waals surface area contributed by atoms with Gasteiger partial charge in [0.2, 0.25) is 0 Å². The van der Waals surface area contributed by atoms with Crippen molar-refractivity contribution in [3.8, 4) is 0 Å². The molecular formula is C33H28Cl4N2O2. The molecule has 0 N–H and O–H groups in total. The Morgan fingerprint density at radius 2 is 1.44 bits per heavy atom. The molecule has 1 aliphatic rings. The molecule has 210 valence electrons. The number of halogens is 4. The molecule has 1 atom stereocenters. The van der Waals surface area contributed by atoms with Crippen LogP contribution >= 0.6 is 46.4 Å². The number of aryl methyl sites for hydroxylation is 1. The zero-order chi connectivity index (χ0) is 29.2. The third-order valence-electron chi connectivity index (χ3n) is 8.35. The van der Waals surface area contributed by atoms with Crippen LogP contribution < -0.4 is 4.90 Å². The third kappa shape index (κ3) is 3.91. The predicted octanol–water partition coefficient (Wildman–Crippen LogP) is 10.0. The van der Waals surface area contributed by atoms with Gasteiger partial charge < -0.3 is 14.2 Å². The number of rotatable bonds is 6. The van der Waals surface area contributed by atoms with Crippen LogP contribution in [0.25, 0.3) is 21.7 Å². The molecule has 0 amide bonds. The Morgan fingerprint density at radius 3 is 2.10 bits per heavy atom. The zero-order valence-electron chi connectivity index (χ0n) is 23.1. The summed E-state index contributed by atoms with van der Waals surface area (Å²) in [6.45, 7) is 10.8. The molecule has 8 heteroatoms. The van der Waals surface area contributed by atoms with Crippen molar-refractivity contribution >= 4 is 79.7 Å². The fourth-order valence-electron chi connectivity index (χ4n) is 6.50. The van der Waals surface area contributed by atoms with E-state index in [1.807, 2.05) is 36.4 Å². The lowest BCUT2D eigenvalue weighted by Gasteiger charge is -2.32. The molecule has 0 fully saturated rings. The van der Waals surface area contributed by atoms with E-state index >= 15 is 0 Å². The van der Waals surface area contributed by atoms with Crippen LogP contribution in [0.2, 0.25) is 20.1 Å². The quantitative estimate of drug-likeness (QED) is 0.107. The van der Waals surface area contributed by atoms with E-state index in [9.17, 15) is 4.79 Å². The first-order valence-corrected chi connectivity index (χ1v) is 15.2. The number of anilines is 1. The van der Waals surface area contributed by atoms with E-state index in [1.54, 1.807) is 0 Å². The van der Waals surface area contributed by atoms with Gasteiger partial charge in [0, 0.05) is 58.5 Å². The Hall–Kier alpha value is -2.89. The van der Waals surface area contributed by atoms with Crippen LogP contribution in [0, 0.1) is 6.92 Å². The number of nitrogens with zero attached hydrogens (tertiary/aromatic N) is 2. The zero-order valence-corrected chi connectivity index (χ0v) is 26.1. The number of carbonyl (C=O) groups excluding carboxylic acids is 1. The molecule has 0 saturated carbocycles. The lowest BCUT2D eigenvalue weighted by Crippen LogP contribution is -2.31. The van der Waals surface area contributed by atoms with Gasteiger partial charge in [0.05, 0.1) is 31.2 Å². The highest BCUT2D eigenvalue weighted by atomic mass is 35.5. The van der Waals surface area contributed by atoms with Gasteiger partial charge in [-0.1, -0.05) is 94.9 Å². The number of fused-ring (bicyclic) bond motifs is 4. The van der Waals surface area contributed by atoms with Gasteiger partial charge in [-0.2, -0.15) is 0 Å². The van der Waals surface area contributed by atoms with Gasteiger partial charge >= 0.3 is 5.97 Å². The van der Waals surface area contributed by atoms with Crippen molar-refractivity contribution in [1.82, 2.24) is 4.57 Å². The molecule has 4 nitrogen and oxygen atoms in total. The Balaban J connectivity index is 1.79. The van der Waals surface area contributed by atoms with Crippen LogP contribution in [0.4, 0.5) is 5.69 Å². The lowest BCUT2D eigenvalue weighted by atomic mass is 9.78. The monoisotopic (exact) mass is 624 g/mol. The largest absolute Gasteiger partial charge is 0.440 e. The van der Waals surface area contributed by atoms with Gasteiger partial charge in [-0.3, -0.25) is 0 Å². The summed E-state index contributed by atoms with van der Waals surface area (Å²) in [6, 6.07) is 20.6. The fraction of sp³-hybridized carbons (Fsp3) is 0.242. The molecule has 0 bridgehead atoms. The first-order chi connectivity index (χ1) is 19.7. The first kappa shape index (κ1) is 28.2. The van der Waals surface area contributed by atoms with Gasteiger partial charge in [0.25, 0.3) is 0 Å². The van der Waals surface area contributed by atoms with Crippen molar-refractivity contribution in [2.45, 2.75) is 39.8 Å². The molecule has 0 radical (unpaired) electrons. The van der Waals surface area contributed by atoms with Crippen LogP contribution in [0.3, 0.4) is 0 Å². The highest BCUT2D eigenvalue weighted by Gasteiger charge is 2.54. The van der Waals surface area contributed by atoms with Crippen molar-refractivity contribution in [2.75, 3.05) is 18.0 Å². The summed E-state index contributed by atoms with van der Waals surface area (Å²) in [5.74, 6) is -0.601. The molecule has 6 rings (SSSR count). The summed E-state index contributed by atoms with van der Waals surface area (Å²) in [7, 11) is 0. The Kier molecular flexibility index (Phi) is 7.18. The molecule has 4 aromatic carbocycles. The van der Waals surface area contributed by atoms with E-state index in [0.717, 1.165) is 57.3 Å². The summed E-state index contributed by atoms with van der Waals surface area (Å²) in [6.07, 6.45) is 0. The number of hydrogen-bond acceptors (Lipinski definition) is 3. The summed E-state index contributed by atoms with van der Waals surface area (Å²) < 4.78 is 8.78. The van der Waals surface area contributed by atoms with E-state index < -0.39 is 11.6 Å². The van der Waals surface area contributed by atoms with E-state index in [1.165, 1.54) is 0 Å². The minimum atomic E-state index is -1.42. The normalized spacial score (nSPS) is 16.4. The number of hydrogen-bond donors (Lipinski definition) is 0. The summed E-state index contributed by atoms with van der Waals surface area (Å²) in [5.41, 5.74) is 3.75. The maximum Gasteiger partial charge on any atom is 0.341 e. The lowest BCUT2D eigenvalue weighted by molar-refractivity contribution is 0.0254. The minimum Gasteiger partial charge on any atom is -0.440 e. The summed E-state index contributed by atoms with van der Waals surface area (Å²) >= 11 is 26.8. The molecule has 41 heavy (non-hydrogen) atoms. The Morgan fingerprint density at radius 1 is 0.780 bits per heavy atom. The Labute approximate surface area is 259 Å². The molecule has 0 aliphatic carbocycles. The van der Waals surface area contributed by atoms with E-state index in [4.69, 9.17) is 51.1 Å². The van der Waals surface area contributed by atoms with Gasteiger partial charge in [-0.05, 0) is 45.2 Å². The Bertz CT molecular complexity index is 1860. The second-order valence-electron chi connectivity index (χ2n) is 10.2. The predicted molar refractivity (Wildman–Crippen MR) is 172 cm³/mol. The molecule has 5 aromatic rings. The number of carbonyl (C=O) groups is 1. The molecule has 0 saturated heterocycles. The van der Waals surface area contributed by atoms with Crippen molar-refractivity contribution in [3.05, 3.63) is 109 Å². The van der Waals surface area contributed by atoms with Crippen LogP contribution in [-0.2, 0) is 16.9 Å². The molecule has 1 aliphatic heterocycles. The molecule has 2 heterocycles. The SMILES string of the molecule is CCN(CC)c1ccc(C2(c3c(C)n(CC)c4c3ccc3ccccc34)OC(=O)c3c(Cl)c(Cl)c(Cl)c(Cl)c32)cc1. The average molecular weight is 626 g/mol. The summed E-state index contributed by atoms with van der Waals surface area (Å²) in [4.78, 5) is 16.0. The van der Waals surface area contributed by atoms with Crippen LogP contribution in [0.5, 0.6) is 0 Å². The molecule has 1 aromatic heterocycles. The molecular weight excluding hydrogens is 598 g/mol. The maximum atomic E-state index is 13.8. The average Bonchev–Trinajstić information content (AvgIpc) is 3.46. The van der Waals surface area contributed by atoms with Crippen molar-refractivity contribution in [2.24, 2.45) is 0 Å². The molecule has 1 unspecified atom stereocenters. The van der Waals surface area contributed by atoms with Crippen molar-refractivity contribution < 1.29 is 9.53 Å². The molecule has 0 spiro atoms. The van der Waals surface area contributed by atoms with Crippen LogP contribution in [-0.4, -0.2) is 23.6 Å². The number of cyclic esters (lactones) is 1. The van der Waals surface area contributed by atoms with E-state index in [-0.39, 0.29) is 25.7 Å². The minimum absolute atomic E-state index is 0.0282. The van der Waals surface area contributed by atoms with Crippen molar-refractivity contribution in [1.29, 1.82) is 0 Å². The van der Waals surface area contributed by atoms with Gasteiger partial charge in [-0.15, -0.1) is 0 Å². The third-order valence-corrected chi connectivity index (χ3v) is 10.1. The number of benzene rings is 4. The number of esters is 1. The van der Waals surface area contributed by atoms with Crippen LogP contribution in [0.1, 0.15) is 53.5 Å². The second kappa shape index (κ2) is 10.4. The number of aromatic nitrogens is 1. The van der Waals surface area contributed by atoms with Gasteiger partial charge in [-0.25, -0.2) is 4.79 Å². The van der Waals surface area contributed by atoms with Gasteiger partial charge in [0.15, 0.2) is 5.60 Å². The fourth-order valence-corrected chi connectivity index (χ4v) is 7.56. The highest BCUT2D eigenvalue weighted by molar-refractivity contribution is 6.53. The summed E-state index contributed by atoms with van der Waals surface area (Å²) in [5, 5.41) is 3.47. The van der Waals surface area contributed by atoms with E-state index in [2.05, 4.69) is 61.4 Å². The van der Waals surface area contributed by atoms with Gasteiger partial charge in [0.1, 0.15) is 0 Å². The standard InChI is InChI=1S/C33H28Cl4N2O2/c1-5-38(6-2)21-15-13-20(14-16-21)33(26-24(32(40)41-33)27(34)29(36)30(37)28(26)35)25-18(4)39(7-3)31-22-11-9-8-10-19(22)12-17-23(25)31/h8-17H,5-7H2,1-4H3. The first-order valence-electron chi connectivity index (χ1n) is 13.7. The van der Waals surface area contributed by atoms with Crippen molar-refractivity contribution in [3.63, 3.8) is 0 Å². The second-order valence-corrected chi connectivity index (χ2v) is 11.7. The maximum absolute atomic E-state index is 13.8. The smallest absolute Gasteiger partial charge is 0.341 e.